The van der Waals surface area contributed by atoms with E-state index in [1.807, 2.05) is 24.3 Å². The fourth-order valence-electron chi connectivity index (χ4n) is 3.53. The maximum absolute atomic E-state index is 11.4. The van der Waals surface area contributed by atoms with Gasteiger partial charge < -0.3 is 19.3 Å². The molecule has 0 fully saturated rings. The number of carbonyl (C=O) groups is 1. The Morgan fingerprint density at radius 1 is 0.686 bits per heavy atom. The van der Waals surface area contributed by atoms with Crippen LogP contribution in [-0.2, 0) is 17.6 Å². The van der Waals surface area contributed by atoms with E-state index < -0.39 is 5.97 Å². The van der Waals surface area contributed by atoms with Crippen molar-refractivity contribution in [1.82, 2.24) is 0 Å². The molecular weight excluding hydrogens is 440 g/mol. The lowest BCUT2D eigenvalue weighted by molar-refractivity contribution is -0.136. The molecule has 0 radical (unpaired) electrons. The number of aliphatic carboxylic acids is 1. The van der Waals surface area contributed by atoms with Crippen LogP contribution in [0, 0.1) is 17.8 Å². The zero-order valence-electron chi connectivity index (χ0n) is 22.4. The van der Waals surface area contributed by atoms with Crippen molar-refractivity contribution >= 4 is 5.97 Å². The van der Waals surface area contributed by atoms with Crippen LogP contribution in [0.25, 0.3) is 0 Å². The fourth-order valence-corrected chi connectivity index (χ4v) is 3.53. The second kappa shape index (κ2) is 14.7. The molecule has 5 nitrogen and oxygen atoms in total. The number of ether oxygens (including phenoxy) is 3. The Balaban J connectivity index is 2.19. The molecule has 2 aromatic carbocycles. The lowest BCUT2D eigenvalue weighted by Gasteiger charge is -2.16. The van der Waals surface area contributed by atoms with Crippen molar-refractivity contribution < 1.29 is 24.1 Å². The first-order chi connectivity index (χ1) is 16.6. The first-order valence-electron chi connectivity index (χ1n) is 13.0. The summed E-state index contributed by atoms with van der Waals surface area (Å²) in [6.07, 6.45) is 3.51. The fraction of sp³-hybridized carbons (Fsp3) is 0.567. The van der Waals surface area contributed by atoms with Crippen LogP contribution in [0.2, 0.25) is 0 Å². The van der Waals surface area contributed by atoms with Crippen molar-refractivity contribution in [3.05, 3.63) is 53.1 Å². The first kappa shape index (κ1) is 28.5. The Kier molecular flexibility index (Phi) is 11.9. The molecule has 5 heteroatoms. The Morgan fingerprint density at radius 2 is 1.14 bits per heavy atom. The van der Waals surface area contributed by atoms with E-state index in [9.17, 15) is 9.90 Å². The molecule has 0 unspecified atom stereocenters. The second-order valence-electron chi connectivity index (χ2n) is 10.6. The molecule has 0 amide bonds. The molecule has 0 aliphatic heterocycles. The highest BCUT2D eigenvalue weighted by Gasteiger charge is 2.13. The lowest BCUT2D eigenvalue weighted by atomic mass is 10.0. The third-order valence-corrected chi connectivity index (χ3v) is 5.74. The normalized spacial score (nSPS) is 11.3. The molecule has 35 heavy (non-hydrogen) atoms. The van der Waals surface area contributed by atoms with Crippen LogP contribution in [0.3, 0.4) is 0 Å². The van der Waals surface area contributed by atoms with Crippen molar-refractivity contribution in [2.24, 2.45) is 17.8 Å². The molecule has 0 bridgehead atoms. The monoisotopic (exact) mass is 484 g/mol. The highest BCUT2D eigenvalue weighted by atomic mass is 16.5. The Morgan fingerprint density at radius 3 is 1.66 bits per heavy atom. The van der Waals surface area contributed by atoms with Gasteiger partial charge in [0.05, 0.1) is 26.2 Å². The summed E-state index contributed by atoms with van der Waals surface area (Å²) >= 11 is 0. The van der Waals surface area contributed by atoms with Gasteiger partial charge in [-0.25, -0.2) is 0 Å². The van der Waals surface area contributed by atoms with Crippen molar-refractivity contribution in [3.8, 4) is 17.2 Å². The standard InChI is InChI=1S/C30H44O5/c1-21(2)11-14-33-27-9-7-24(18-26(27)20-30(31)32)17-25-8-10-28(34-15-12-22(3)4)29(19-25)35-16-13-23(5)6/h7-10,18-19,21-23H,11-17,20H2,1-6H3,(H,31,32). The van der Waals surface area contributed by atoms with Gasteiger partial charge in [0, 0.05) is 5.56 Å². The third kappa shape index (κ3) is 11.1. The molecule has 2 rings (SSSR count). The van der Waals surface area contributed by atoms with Crippen LogP contribution >= 0.6 is 0 Å². The van der Waals surface area contributed by atoms with Crippen LogP contribution < -0.4 is 14.2 Å². The van der Waals surface area contributed by atoms with Gasteiger partial charge in [0.1, 0.15) is 5.75 Å². The zero-order valence-corrected chi connectivity index (χ0v) is 22.4. The predicted molar refractivity (Wildman–Crippen MR) is 142 cm³/mol. The minimum atomic E-state index is -0.861. The third-order valence-electron chi connectivity index (χ3n) is 5.74. The number of carboxylic acid groups (broad SMARTS) is 1. The quantitative estimate of drug-likeness (QED) is 0.273. The Hall–Kier alpha value is -2.69. The van der Waals surface area contributed by atoms with Crippen molar-refractivity contribution in [3.63, 3.8) is 0 Å². The van der Waals surface area contributed by atoms with Gasteiger partial charge >= 0.3 is 5.97 Å². The van der Waals surface area contributed by atoms with Gasteiger partial charge in [-0.15, -0.1) is 0 Å². The average Bonchev–Trinajstić information content (AvgIpc) is 2.75. The van der Waals surface area contributed by atoms with Gasteiger partial charge in [-0.05, 0) is 72.8 Å². The smallest absolute Gasteiger partial charge is 0.307 e. The number of hydrogen-bond donors (Lipinski definition) is 1. The molecular formula is C30H44O5. The molecule has 0 heterocycles. The minimum Gasteiger partial charge on any atom is -0.493 e. The van der Waals surface area contributed by atoms with Crippen molar-refractivity contribution in [1.29, 1.82) is 0 Å². The summed E-state index contributed by atoms with van der Waals surface area (Å²) in [6.45, 7) is 14.9. The van der Waals surface area contributed by atoms with E-state index in [4.69, 9.17) is 14.2 Å². The SMILES string of the molecule is CC(C)CCOc1ccc(Cc2ccc(OCCC(C)C)c(OCCC(C)C)c2)cc1CC(=O)O. The molecule has 0 spiro atoms. The molecule has 1 N–H and O–H groups in total. The minimum absolute atomic E-state index is 0.0585. The van der Waals surface area contributed by atoms with Crippen LogP contribution in [0.4, 0.5) is 0 Å². The van der Waals surface area contributed by atoms with Gasteiger partial charge in [-0.2, -0.15) is 0 Å². The number of carboxylic acids is 1. The van der Waals surface area contributed by atoms with Gasteiger partial charge in [0.25, 0.3) is 0 Å². The highest BCUT2D eigenvalue weighted by Crippen LogP contribution is 2.31. The van der Waals surface area contributed by atoms with Crippen LogP contribution in [0.1, 0.15) is 77.5 Å². The van der Waals surface area contributed by atoms with Gasteiger partial charge in [0.15, 0.2) is 11.5 Å². The van der Waals surface area contributed by atoms with Gasteiger partial charge in [0.2, 0.25) is 0 Å². The zero-order chi connectivity index (χ0) is 25.8. The first-order valence-corrected chi connectivity index (χ1v) is 13.0. The molecule has 194 valence electrons. The number of benzene rings is 2. The van der Waals surface area contributed by atoms with E-state index in [1.54, 1.807) is 0 Å². The summed E-state index contributed by atoms with van der Waals surface area (Å²) in [5.41, 5.74) is 2.84. The van der Waals surface area contributed by atoms with Crippen molar-refractivity contribution in [2.75, 3.05) is 19.8 Å². The molecule has 0 saturated heterocycles. The molecule has 0 aromatic heterocycles. The van der Waals surface area contributed by atoms with E-state index >= 15 is 0 Å². The van der Waals surface area contributed by atoms with E-state index in [0.29, 0.717) is 55.3 Å². The summed E-state index contributed by atoms with van der Waals surface area (Å²) in [7, 11) is 0. The van der Waals surface area contributed by atoms with Gasteiger partial charge in [-0.1, -0.05) is 59.7 Å². The van der Waals surface area contributed by atoms with E-state index in [-0.39, 0.29) is 6.42 Å². The van der Waals surface area contributed by atoms with Crippen LogP contribution in [0.15, 0.2) is 36.4 Å². The van der Waals surface area contributed by atoms with Crippen LogP contribution in [0.5, 0.6) is 17.2 Å². The molecule has 0 aliphatic rings. The summed E-state index contributed by atoms with van der Waals surface area (Å²) in [5.74, 6) is 3.02. The lowest BCUT2D eigenvalue weighted by Crippen LogP contribution is -2.07. The van der Waals surface area contributed by atoms with Crippen LogP contribution in [-0.4, -0.2) is 30.9 Å². The Labute approximate surface area is 211 Å². The summed E-state index contributed by atoms with van der Waals surface area (Å²) in [4.78, 5) is 11.4. The molecule has 0 aliphatic carbocycles. The number of hydrogen-bond acceptors (Lipinski definition) is 4. The van der Waals surface area contributed by atoms with E-state index in [1.165, 1.54) is 0 Å². The largest absolute Gasteiger partial charge is 0.493 e. The Bertz CT molecular complexity index is 917. The highest BCUT2D eigenvalue weighted by molar-refractivity contribution is 5.71. The topological polar surface area (TPSA) is 65.0 Å². The van der Waals surface area contributed by atoms with Gasteiger partial charge in [-0.3, -0.25) is 4.79 Å². The molecule has 2 aromatic rings. The number of rotatable bonds is 16. The maximum Gasteiger partial charge on any atom is 0.307 e. The second-order valence-corrected chi connectivity index (χ2v) is 10.6. The molecule has 0 atom stereocenters. The van der Waals surface area contributed by atoms with E-state index in [2.05, 4.69) is 53.7 Å². The summed E-state index contributed by atoms with van der Waals surface area (Å²) in [6, 6.07) is 12.0. The van der Waals surface area contributed by atoms with Crippen molar-refractivity contribution in [2.45, 2.75) is 73.6 Å². The average molecular weight is 485 g/mol. The summed E-state index contributed by atoms with van der Waals surface area (Å²) < 4.78 is 18.1. The molecule has 0 saturated carbocycles. The summed E-state index contributed by atoms with van der Waals surface area (Å²) in [5, 5.41) is 9.39. The van der Waals surface area contributed by atoms with E-state index in [0.717, 1.165) is 41.9 Å². The predicted octanol–water partition coefficient (Wildman–Crippen LogP) is 7.18. The maximum atomic E-state index is 11.4.